The molecule has 40 heavy (non-hydrogen) atoms. The number of rotatable bonds is 11. The van der Waals surface area contributed by atoms with Gasteiger partial charge in [0, 0.05) is 5.39 Å². The highest BCUT2D eigenvalue weighted by molar-refractivity contribution is 5.93. The van der Waals surface area contributed by atoms with E-state index < -0.39 is 11.9 Å². The maximum Gasteiger partial charge on any atom is 0.343 e. The molecule has 0 aromatic heterocycles. The number of methoxy groups -OCH3 is 4. The summed E-state index contributed by atoms with van der Waals surface area (Å²) in [7, 11) is 5.82. The van der Waals surface area contributed by atoms with Crippen LogP contribution in [0.1, 0.15) is 15.9 Å². The topological polar surface area (TPSA) is 114 Å². The first-order chi connectivity index (χ1) is 19.5. The largest absolute Gasteiger partial charge is 0.493 e. The Balaban J connectivity index is 1.38. The number of ether oxygens (including phenoxy) is 6. The van der Waals surface area contributed by atoms with Crippen molar-refractivity contribution < 1.29 is 38.0 Å². The number of benzene rings is 4. The zero-order valence-electron chi connectivity index (χ0n) is 22.4. The van der Waals surface area contributed by atoms with Crippen molar-refractivity contribution in [1.29, 1.82) is 0 Å². The lowest BCUT2D eigenvalue weighted by Crippen LogP contribution is -2.24. The Bertz CT molecular complexity index is 1520. The molecule has 10 nitrogen and oxygen atoms in total. The molecular formula is C30H28N2O8. The Morgan fingerprint density at radius 1 is 0.750 bits per heavy atom. The molecule has 0 aliphatic heterocycles. The molecule has 1 N–H and O–H groups in total. The van der Waals surface area contributed by atoms with Gasteiger partial charge in [-0.25, -0.2) is 10.2 Å². The van der Waals surface area contributed by atoms with Gasteiger partial charge >= 0.3 is 5.97 Å². The average Bonchev–Trinajstić information content (AvgIpc) is 2.99. The van der Waals surface area contributed by atoms with E-state index in [-0.39, 0.29) is 23.7 Å². The van der Waals surface area contributed by atoms with Crippen LogP contribution < -0.4 is 33.8 Å². The first-order valence-electron chi connectivity index (χ1n) is 12.1. The molecule has 0 aliphatic rings. The third-order valence-electron chi connectivity index (χ3n) is 5.80. The minimum atomic E-state index is -0.655. The fourth-order valence-corrected chi connectivity index (χ4v) is 3.88. The number of hydrogen-bond acceptors (Lipinski definition) is 9. The molecule has 0 atom stereocenters. The highest BCUT2D eigenvalue weighted by Crippen LogP contribution is 2.39. The lowest BCUT2D eigenvalue weighted by atomic mass is 10.1. The van der Waals surface area contributed by atoms with Crippen molar-refractivity contribution in [1.82, 2.24) is 5.43 Å². The van der Waals surface area contributed by atoms with Gasteiger partial charge in [-0.3, -0.25) is 4.79 Å². The van der Waals surface area contributed by atoms with Crippen molar-refractivity contribution in [2.75, 3.05) is 35.0 Å². The van der Waals surface area contributed by atoms with E-state index in [2.05, 4.69) is 10.5 Å². The second kappa shape index (κ2) is 13.0. The molecule has 0 saturated heterocycles. The summed E-state index contributed by atoms with van der Waals surface area (Å²) in [5, 5.41) is 5.91. The number of fused-ring (bicyclic) bond motifs is 1. The molecule has 0 spiro atoms. The summed E-state index contributed by atoms with van der Waals surface area (Å²) in [6.07, 6.45) is 1.43. The molecule has 0 unspecified atom stereocenters. The van der Waals surface area contributed by atoms with E-state index in [1.165, 1.54) is 46.8 Å². The van der Waals surface area contributed by atoms with Crippen LogP contribution in [-0.4, -0.2) is 53.1 Å². The Kier molecular flexibility index (Phi) is 9.03. The average molecular weight is 545 g/mol. The highest BCUT2D eigenvalue weighted by atomic mass is 16.6. The van der Waals surface area contributed by atoms with Crippen molar-refractivity contribution >= 4 is 28.9 Å². The molecule has 0 bridgehead atoms. The van der Waals surface area contributed by atoms with E-state index in [0.29, 0.717) is 28.6 Å². The van der Waals surface area contributed by atoms with Crippen LogP contribution in [0.15, 0.2) is 77.9 Å². The summed E-state index contributed by atoms with van der Waals surface area (Å²) in [6.45, 7) is -0.204. The van der Waals surface area contributed by atoms with Gasteiger partial charge in [0.1, 0.15) is 5.75 Å². The molecule has 0 saturated carbocycles. The maximum atomic E-state index is 12.9. The first kappa shape index (κ1) is 27.8. The van der Waals surface area contributed by atoms with Gasteiger partial charge in [-0.1, -0.05) is 36.4 Å². The number of carbonyl (C=O) groups excluding carboxylic acids is 2. The second-order valence-electron chi connectivity index (χ2n) is 8.27. The van der Waals surface area contributed by atoms with E-state index in [9.17, 15) is 9.59 Å². The van der Waals surface area contributed by atoms with Gasteiger partial charge < -0.3 is 28.4 Å². The predicted octanol–water partition coefficient (Wildman–Crippen LogP) is 4.62. The minimum Gasteiger partial charge on any atom is -0.493 e. The fourth-order valence-electron chi connectivity index (χ4n) is 3.88. The molecule has 1 amide bonds. The van der Waals surface area contributed by atoms with E-state index in [0.717, 1.165) is 10.8 Å². The number of hydrogen-bond donors (Lipinski definition) is 1. The number of esters is 1. The highest BCUT2D eigenvalue weighted by Gasteiger charge is 2.19. The Hall–Kier alpha value is -5.25. The van der Waals surface area contributed by atoms with Crippen LogP contribution in [0.4, 0.5) is 0 Å². The fraction of sp³-hybridized carbons (Fsp3) is 0.167. The summed E-state index contributed by atoms with van der Waals surface area (Å²) in [6, 6.07) is 21.2. The van der Waals surface area contributed by atoms with Crippen LogP contribution in [0.2, 0.25) is 0 Å². The van der Waals surface area contributed by atoms with Crippen LogP contribution in [-0.2, 0) is 4.79 Å². The quantitative estimate of drug-likeness (QED) is 0.126. The van der Waals surface area contributed by atoms with E-state index >= 15 is 0 Å². The van der Waals surface area contributed by atoms with Gasteiger partial charge in [-0.2, -0.15) is 5.10 Å². The summed E-state index contributed by atoms with van der Waals surface area (Å²) < 4.78 is 32.5. The standard InChI is InChI=1S/C30H28N2O8/c1-35-25-14-19(17-31-32-28(33)18-39-23-11-7-9-20-8-5-6-10-22(20)23)12-13-24(25)40-30(34)21-15-26(36-2)29(38-4)27(16-21)37-3/h5-17H,18H2,1-4H3,(H,32,33). The van der Waals surface area contributed by atoms with Crippen LogP contribution in [0.3, 0.4) is 0 Å². The monoisotopic (exact) mass is 544 g/mol. The third kappa shape index (κ3) is 6.41. The lowest BCUT2D eigenvalue weighted by Gasteiger charge is -2.14. The van der Waals surface area contributed by atoms with Crippen molar-refractivity contribution in [3.8, 4) is 34.5 Å². The van der Waals surface area contributed by atoms with Crippen LogP contribution >= 0.6 is 0 Å². The van der Waals surface area contributed by atoms with Crippen LogP contribution in [0.25, 0.3) is 10.8 Å². The van der Waals surface area contributed by atoms with Crippen molar-refractivity contribution in [2.24, 2.45) is 5.10 Å². The molecule has 4 rings (SSSR count). The molecule has 4 aromatic rings. The molecule has 10 heteroatoms. The van der Waals surface area contributed by atoms with Crippen molar-refractivity contribution in [3.63, 3.8) is 0 Å². The first-order valence-corrected chi connectivity index (χ1v) is 12.1. The normalized spacial score (nSPS) is 10.7. The third-order valence-corrected chi connectivity index (χ3v) is 5.80. The van der Waals surface area contributed by atoms with Crippen LogP contribution in [0, 0.1) is 0 Å². The molecule has 0 fully saturated rings. The SMILES string of the molecule is COc1cc(C=NNC(=O)COc2cccc3ccccc23)ccc1OC(=O)c1cc(OC)c(OC)c(OC)c1. The smallest absolute Gasteiger partial charge is 0.343 e. The summed E-state index contributed by atoms with van der Waals surface area (Å²) in [5.74, 6) is 0.994. The van der Waals surface area contributed by atoms with Crippen LogP contribution in [0.5, 0.6) is 34.5 Å². The number of hydrazone groups is 1. The Labute approximate surface area is 231 Å². The van der Waals surface area contributed by atoms with Gasteiger partial charge in [0.05, 0.1) is 40.2 Å². The van der Waals surface area contributed by atoms with Crippen molar-refractivity contribution in [2.45, 2.75) is 0 Å². The number of amides is 1. The molecule has 0 heterocycles. The molecule has 4 aromatic carbocycles. The number of nitrogens with zero attached hydrogens (tertiary/aromatic N) is 1. The van der Waals surface area contributed by atoms with Gasteiger partial charge in [0.2, 0.25) is 5.75 Å². The van der Waals surface area contributed by atoms with E-state index in [4.69, 9.17) is 28.4 Å². The molecule has 0 radical (unpaired) electrons. The Morgan fingerprint density at radius 2 is 1.45 bits per heavy atom. The maximum absolute atomic E-state index is 12.9. The molecular weight excluding hydrogens is 516 g/mol. The minimum absolute atomic E-state index is 0.186. The number of nitrogens with one attached hydrogen (secondary N) is 1. The zero-order valence-corrected chi connectivity index (χ0v) is 22.4. The van der Waals surface area contributed by atoms with Gasteiger partial charge in [-0.05, 0) is 47.3 Å². The van der Waals surface area contributed by atoms with Gasteiger partial charge in [-0.15, -0.1) is 0 Å². The van der Waals surface area contributed by atoms with Crippen molar-refractivity contribution in [3.05, 3.63) is 83.9 Å². The van der Waals surface area contributed by atoms with E-state index in [1.807, 2.05) is 36.4 Å². The summed E-state index contributed by atoms with van der Waals surface area (Å²) >= 11 is 0. The Morgan fingerprint density at radius 3 is 2.15 bits per heavy atom. The lowest BCUT2D eigenvalue weighted by molar-refractivity contribution is -0.123. The summed E-state index contributed by atoms with van der Waals surface area (Å²) in [5.41, 5.74) is 3.22. The summed E-state index contributed by atoms with van der Waals surface area (Å²) in [4.78, 5) is 25.1. The van der Waals surface area contributed by atoms with Gasteiger partial charge in [0.25, 0.3) is 5.91 Å². The molecule has 206 valence electrons. The van der Waals surface area contributed by atoms with E-state index in [1.54, 1.807) is 24.3 Å². The molecule has 0 aliphatic carbocycles. The predicted molar refractivity (Wildman–Crippen MR) is 149 cm³/mol. The van der Waals surface area contributed by atoms with Gasteiger partial charge in [0.15, 0.2) is 29.6 Å². The zero-order chi connectivity index (χ0) is 28.5. The second-order valence-corrected chi connectivity index (χ2v) is 8.27. The number of carbonyl (C=O) groups is 2.